The molecule has 0 radical (unpaired) electrons. The molecule has 1 aliphatic carbocycles. The summed E-state index contributed by atoms with van der Waals surface area (Å²) in [5, 5.41) is 12.9. The number of primary amides is 1. The summed E-state index contributed by atoms with van der Waals surface area (Å²) in [7, 11) is 0. The van der Waals surface area contributed by atoms with Crippen molar-refractivity contribution in [2.75, 3.05) is 0 Å². The molecule has 0 saturated carbocycles. The van der Waals surface area contributed by atoms with Crippen LogP contribution in [0.15, 0.2) is 48.8 Å². The minimum Gasteiger partial charge on any atom is -0.368 e. The van der Waals surface area contributed by atoms with Crippen molar-refractivity contribution in [3.8, 4) is 22.8 Å². The number of fused-ring (bicyclic) bond motifs is 1. The monoisotopic (exact) mass is 461 g/mol. The Morgan fingerprint density at radius 3 is 2.68 bits per heavy atom. The zero-order valence-corrected chi connectivity index (χ0v) is 18.3. The van der Waals surface area contributed by atoms with Crippen molar-refractivity contribution in [3.63, 3.8) is 0 Å². The lowest BCUT2D eigenvalue weighted by molar-refractivity contribution is -0.118. The van der Waals surface area contributed by atoms with Crippen LogP contribution in [0.5, 0.6) is 0 Å². The standard InChI is InChI=1S/C24H21F2N7O/c1-13-5-6-14(18-7-9-28-24(29-18)19-8-10-33(32-19)12-21(27)34)23-15(13)11-20(30-31-23)22-16(25)3-2-4-17(22)26/h2-4,7-11,13-14H,5-6,12H2,1H3,(H2,27,34)/t13-,14?/m0/s1. The number of halogens is 2. The fraction of sp³-hybridized carbons (Fsp3) is 0.250. The first-order chi connectivity index (χ1) is 16.4. The van der Waals surface area contributed by atoms with Crippen molar-refractivity contribution >= 4 is 5.91 Å². The van der Waals surface area contributed by atoms with Crippen molar-refractivity contribution in [2.24, 2.45) is 5.73 Å². The molecule has 10 heteroatoms. The molecule has 0 saturated heterocycles. The Morgan fingerprint density at radius 2 is 1.91 bits per heavy atom. The van der Waals surface area contributed by atoms with E-state index in [-0.39, 0.29) is 29.6 Å². The second-order valence-electron chi connectivity index (χ2n) is 8.37. The summed E-state index contributed by atoms with van der Waals surface area (Å²) < 4.78 is 30.1. The first kappa shape index (κ1) is 21.7. The summed E-state index contributed by atoms with van der Waals surface area (Å²) in [5.41, 5.74) is 8.13. The van der Waals surface area contributed by atoms with Gasteiger partial charge in [-0.2, -0.15) is 10.2 Å². The molecular formula is C24H21F2N7O. The van der Waals surface area contributed by atoms with Crippen molar-refractivity contribution in [1.82, 2.24) is 29.9 Å². The predicted octanol–water partition coefficient (Wildman–Crippen LogP) is 3.59. The lowest BCUT2D eigenvalue weighted by Gasteiger charge is -2.28. The van der Waals surface area contributed by atoms with Gasteiger partial charge in [0.2, 0.25) is 5.91 Å². The van der Waals surface area contributed by atoms with Gasteiger partial charge in [0.25, 0.3) is 0 Å². The molecule has 3 aromatic heterocycles. The van der Waals surface area contributed by atoms with Gasteiger partial charge in [-0.05, 0) is 54.7 Å². The van der Waals surface area contributed by atoms with E-state index in [4.69, 9.17) is 10.7 Å². The SMILES string of the molecule is C[C@H]1CCC(c2ccnc(-c3ccn(CC(N)=O)n3)n2)c2nnc(-c3c(F)cccc3F)cc21. The van der Waals surface area contributed by atoms with Crippen molar-refractivity contribution < 1.29 is 13.6 Å². The maximum atomic E-state index is 14.3. The highest BCUT2D eigenvalue weighted by Crippen LogP contribution is 2.41. The number of amides is 1. The number of aromatic nitrogens is 6. The van der Waals surface area contributed by atoms with Crippen LogP contribution >= 0.6 is 0 Å². The van der Waals surface area contributed by atoms with Gasteiger partial charge < -0.3 is 5.73 Å². The summed E-state index contributed by atoms with van der Waals surface area (Å²) in [6.45, 7) is 2.03. The molecule has 0 fully saturated rings. The zero-order valence-electron chi connectivity index (χ0n) is 18.3. The minimum absolute atomic E-state index is 0.0336. The average molecular weight is 461 g/mol. The first-order valence-corrected chi connectivity index (χ1v) is 10.9. The Morgan fingerprint density at radius 1 is 1.12 bits per heavy atom. The highest BCUT2D eigenvalue weighted by atomic mass is 19.1. The van der Waals surface area contributed by atoms with E-state index >= 15 is 0 Å². The maximum Gasteiger partial charge on any atom is 0.239 e. The van der Waals surface area contributed by atoms with Gasteiger partial charge in [-0.15, -0.1) is 5.10 Å². The van der Waals surface area contributed by atoms with E-state index in [1.165, 1.54) is 22.9 Å². The molecule has 2 atom stereocenters. The molecule has 172 valence electrons. The molecule has 8 nitrogen and oxygen atoms in total. The number of hydrogen-bond acceptors (Lipinski definition) is 6. The fourth-order valence-corrected chi connectivity index (χ4v) is 4.36. The summed E-state index contributed by atoms with van der Waals surface area (Å²) in [6.07, 6.45) is 4.94. The van der Waals surface area contributed by atoms with E-state index in [0.717, 1.165) is 29.8 Å². The van der Waals surface area contributed by atoms with Gasteiger partial charge in [0.1, 0.15) is 23.9 Å². The topological polar surface area (TPSA) is 112 Å². The third kappa shape index (κ3) is 4.02. The van der Waals surface area contributed by atoms with E-state index in [2.05, 4.69) is 27.2 Å². The zero-order chi connectivity index (χ0) is 23.8. The van der Waals surface area contributed by atoms with Crippen LogP contribution in [0.1, 0.15) is 48.6 Å². The summed E-state index contributed by atoms with van der Waals surface area (Å²) in [4.78, 5) is 20.2. The number of nitrogens with zero attached hydrogens (tertiary/aromatic N) is 6. The molecule has 1 amide bonds. The minimum atomic E-state index is -0.675. The second-order valence-corrected chi connectivity index (χ2v) is 8.37. The van der Waals surface area contributed by atoms with Gasteiger partial charge in [-0.1, -0.05) is 13.0 Å². The lowest BCUT2D eigenvalue weighted by atomic mass is 9.79. The number of carbonyl (C=O) groups excluding carboxylic acids is 1. The molecular weight excluding hydrogens is 440 g/mol. The number of hydrogen-bond donors (Lipinski definition) is 1. The first-order valence-electron chi connectivity index (χ1n) is 10.9. The third-order valence-electron chi connectivity index (χ3n) is 6.04. The Bertz CT molecular complexity index is 1370. The molecule has 0 spiro atoms. The highest BCUT2D eigenvalue weighted by Gasteiger charge is 2.30. The van der Waals surface area contributed by atoms with E-state index in [0.29, 0.717) is 11.5 Å². The van der Waals surface area contributed by atoms with Crippen LogP contribution in [0.25, 0.3) is 22.8 Å². The summed E-state index contributed by atoms with van der Waals surface area (Å²) in [5.74, 6) is -1.42. The second kappa shape index (κ2) is 8.69. The fourth-order valence-electron chi connectivity index (χ4n) is 4.36. The van der Waals surface area contributed by atoms with Crippen LogP contribution in [-0.2, 0) is 11.3 Å². The number of carbonyl (C=O) groups is 1. The van der Waals surface area contributed by atoms with Gasteiger partial charge in [-0.25, -0.2) is 18.7 Å². The largest absolute Gasteiger partial charge is 0.368 e. The van der Waals surface area contributed by atoms with Crippen LogP contribution in [0.3, 0.4) is 0 Å². The Labute approximate surface area is 193 Å². The molecule has 1 aromatic carbocycles. The van der Waals surface area contributed by atoms with Gasteiger partial charge in [0, 0.05) is 18.3 Å². The smallest absolute Gasteiger partial charge is 0.239 e. The van der Waals surface area contributed by atoms with Gasteiger partial charge >= 0.3 is 0 Å². The van der Waals surface area contributed by atoms with Crippen molar-refractivity contribution in [3.05, 3.63) is 77.4 Å². The Balaban J connectivity index is 1.51. The summed E-state index contributed by atoms with van der Waals surface area (Å²) in [6, 6.07) is 9.00. The molecule has 3 heterocycles. The molecule has 4 aromatic rings. The maximum absolute atomic E-state index is 14.3. The van der Waals surface area contributed by atoms with Crippen LogP contribution in [-0.4, -0.2) is 35.9 Å². The molecule has 1 unspecified atom stereocenters. The molecule has 0 aliphatic heterocycles. The van der Waals surface area contributed by atoms with E-state index in [1.807, 2.05) is 6.07 Å². The van der Waals surface area contributed by atoms with Crippen LogP contribution in [0, 0.1) is 11.6 Å². The molecule has 2 N–H and O–H groups in total. The Hall–Kier alpha value is -4.08. The molecule has 0 bridgehead atoms. The lowest BCUT2D eigenvalue weighted by Crippen LogP contribution is -2.19. The third-order valence-corrected chi connectivity index (χ3v) is 6.04. The predicted molar refractivity (Wildman–Crippen MR) is 119 cm³/mol. The molecule has 1 aliphatic rings. The van der Waals surface area contributed by atoms with E-state index in [9.17, 15) is 13.6 Å². The Kier molecular flexibility index (Phi) is 5.56. The quantitative estimate of drug-likeness (QED) is 0.486. The van der Waals surface area contributed by atoms with Crippen molar-refractivity contribution in [1.29, 1.82) is 0 Å². The van der Waals surface area contributed by atoms with Crippen LogP contribution in [0.4, 0.5) is 8.78 Å². The highest BCUT2D eigenvalue weighted by molar-refractivity contribution is 5.73. The van der Waals surface area contributed by atoms with Gasteiger partial charge in [0.15, 0.2) is 5.82 Å². The van der Waals surface area contributed by atoms with Crippen LogP contribution in [0.2, 0.25) is 0 Å². The molecule has 34 heavy (non-hydrogen) atoms. The average Bonchev–Trinajstić information content (AvgIpc) is 3.27. The normalized spacial score (nSPS) is 17.4. The van der Waals surface area contributed by atoms with E-state index < -0.39 is 17.5 Å². The van der Waals surface area contributed by atoms with Crippen LogP contribution < -0.4 is 5.73 Å². The van der Waals surface area contributed by atoms with E-state index in [1.54, 1.807) is 24.5 Å². The number of nitrogens with two attached hydrogens (primary N) is 1. The number of rotatable bonds is 5. The van der Waals surface area contributed by atoms with Gasteiger partial charge in [-0.3, -0.25) is 9.48 Å². The van der Waals surface area contributed by atoms with Crippen molar-refractivity contribution in [2.45, 2.75) is 38.1 Å². The number of benzene rings is 1. The molecule has 5 rings (SSSR count). The summed E-state index contributed by atoms with van der Waals surface area (Å²) >= 11 is 0. The van der Waals surface area contributed by atoms with Gasteiger partial charge in [0.05, 0.1) is 22.6 Å².